The number of aromatic nitrogens is 1. The molecule has 0 aliphatic carbocycles. The van der Waals surface area contributed by atoms with Crippen LogP contribution in [-0.2, 0) is 0 Å². The largest absolute Gasteiger partial charge is 0.493 e. The highest BCUT2D eigenvalue weighted by atomic mass is 16.3. The number of hydrogen-bond donors (Lipinski definition) is 2. The van der Waals surface area contributed by atoms with Crippen molar-refractivity contribution in [1.29, 1.82) is 0 Å². The van der Waals surface area contributed by atoms with Gasteiger partial charge in [-0.05, 0) is 6.07 Å². The van der Waals surface area contributed by atoms with E-state index in [4.69, 9.17) is 0 Å². The van der Waals surface area contributed by atoms with Crippen LogP contribution in [0.3, 0.4) is 0 Å². The summed E-state index contributed by atoms with van der Waals surface area (Å²) in [5.74, 6) is -1.50. The first-order valence-corrected chi connectivity index (χ1v) is 4.66. The van der Waals surface area contributed by atoms with E-state index in [1.807, 2.05) is 0 Å². The van der Waals surface area contributed by atoms with Crippen molar-refractivity contribution in [3.05, 3.63) is 35.4 Å². The fraction of sp³-hybridized carbons (Fsp3) is 0. The molecule has 1 aromatic carbocycles. The number of nitrogens with one attached hydrogen (secondary N) is 1. The SMILES string of the molecule is O=C1NC(=O)c2c1c(O)nc1ccccc21. The minimum absolute atomic E-state index is 0.0382. The monoisotopic (exact) mass is 214 g/mol. The van der Waals surface area contributed by atoms with Gasteiger partial charge in [-0.15, -0.1) is 0 Å². The Morgan fingerprint density at radius 2 is 1.75 bits per heavy atom. The van der Waals surface area contributed by atoms with E-state index in [1.165, 1.54) is 0 Å². The summed E-state index contributed by atoms with van der Waals surface area (Å²) in [7, 11) is 0. The molecule has 5 heteroatoms. The highest BCUT2D eigenvalue weighted by Crippen LogP contribution is 2.30. The molecular formula is C11H6N2O3. The molecule has 0 atom stereocenters. The lowest BCUT2D eigenvalue weighted by Crippen LogP contribution is -2.20. The summed E-state index contributed by atoms with van der Waals surface area (Å²) >= 11 is 0. The molecule has 1 aliphatic heterocycles. The molecular weight excluding hydrogens is 208 g/mol. The number of nitrogens with zero attached hydrogens (tertiary/aromatic N) is 1. The smallest absolute Gasteiger partial charge is 0.264 e. The molecule has 5 nitrogen and oxygen atoms in total. The molecule has 2 heterocycles. The van der Waals surface area contributed by atoms with Gasteiger partial charge in [0.25, 0.3) is 11.8 Å². The Kier molecular flexibility index (Phi) is 1.54. The number of para-hydroxylation sites is 1. The number of rotatable bonds is 0. The molecule has 1 aromatic heterocycles. The normalized spacial score (nSPS) is 14.0. The molecule has 0 saturated heterocycles. The van der Waals surface area contributed by atoms with Gasteiger partial charge in [-0.2, -0.15) is 0 Å². The van der Waals surface area contributed by atoms with E-state index in [9.17, 15) is 14.7 Å². The van der Waals surface area contributed by atoms with Crippen LogP contribution in [0, 0.1) is 0 Å². The van der Waals surface area contributed by atoms with Crippen LogP contribution in [0.5, 0.6) is 5.88 Å². The zero-order valence-corrected chi connectivity index (χ0v) is 8.02. The van der Waals surface area contributed by atoms with Gasteiger partial charge in [-0.3, -0.25) is 14.9 Å². The number of imide groups is 1. The average Bonchev–Trinajstić information content (AvgIpc) is 2.55. The summed E-state index contributed by atoms with van der Waals surface area (Å²) in [6.07, 6.45) is 0. The van der Waals surface area contributed by atoms with Crippen molar-refractivity contribution in [1.82, 2.24) is 10.3 Å². The van der Waals surface area contributed by atoms with Crippen LogP contribution in [0.4, 0.5) is 0 Å². The van der Waals surface area contributed by atoms with Gasteiger partial charge in [0.2, 0.25) is 5.88 Å². The van der Waals surface area contributed by atoms with Gasteiger partial charge in [-0.1, -0.05) is 18.2 Å². The van der Waals surface area contributed by atoms with Crippen LogP contribution in [0.25, 0.3) is 10.9 Å². The van der Waals surface area contributed by atoms with Crippen LogP contribution < -0.4 is 5.32 Å². The van der Waals surface area contributed by atoms with Crippen LogP contribution in [-0.4, -0.2) is 21.9 Å². The lowest BCUT2D eigenvalue weighted by atomic mass is 10.1. The molecule has 2 amide bonds. The Labute approximate surface area is 89.7 Å². The first kappa shape index (κ1) is 8.84. The molecule has 0 unspecified atom stereocenters. The number of hydrogen-bond acceptors (Lipinski definition) is 4. The molecule has 1 aliphatic rings. The molecule has 0 bridgehead atoms. The summed E-state index contributed by atoms with van der Waals surface area (Å²) in [4.78, 5) is 26.9. The van der Waals surface area contributed by atoms with E-state index in [2.05, 4.69) is 10.3 Å². The van der Waals surface area contributed by atoms with Crippen molar-refractivity contribution in [2.24, 2.45) is 0 Å². The number of carbonyl (C=O) groups excluding carboxylic acids is 2. The molecule has 0 spiro atoms. The Balaban J connectivity index is 2.54. The highest BCUT2D eigenvalue weighted by Gasteiger charge is 2.32. The number of amides is 2. The Morgan fingerprint density at radius 1 is 1.06 bits per heavy atom. The summed E-state index contributed by atoms with van der Waals surface area (Å²) < 4.78 is 0. The minimum atomic E-state index is -0.601. The van der Waals surface area contributed by atoms with E-state index in [-0.39, 0.29) is 11.1 Å². The first-order valence-electron chi connectivity index (χ1n) is 4.66. The zero-order chi connectivity index (χ0) is 11.3. The minimum Gasteiger partial charge on any atom is -0.493 e. The van der Waals surface area contributed by atoms with Crippen molar-refractivity contribution in [2.75, 3.05) is 0 Å². The second kappa shape index (κ2) is 2.79. The van der Waals surface area contributed by atoms with Gasteiger partial charge in [0.15, 0.2) is 0 Å². The number of carbonyl (C=O) groups is 2. The summed E-state index contributed by atoms with van der Waals surface area (Å²) in [6.45, 7) is 0. The van der Waals surface area contributed by atoms with Crippen LogP contribution >= 0.6 is 0 Å². The van der Waals surface area contributed by atoms with Crippen molar-refractivity contribution in [3.63, 3.8) is 0 Å². The van der Waals surface area contributed by atoms with E-state index in [0.717, 1.165) is 0 Å². The number of aromatic hydroxyl groups is 1. The van der Waals surface area contributed by atoms with E-state index < -0.39 is 17.7 Å². The Morgan fingerprint density at radius 3 is 2.56 bits per heavy atom. The van der Waals surface area contributed by atoms with Crippen molar-refractivity contribution >= 4 is 22.7 Å². The molecule has 16 heavy (non-hydrogen) atoms. The zero-order valence-electron chi connectivity index (χ0n) is 8.02. The lowest BCUT2D eigenvalue weighted by molar-refractivity contribution is 0.0879. The van der Waals surface area contributed by atoms with Gasteiger partial charge < -0.3 is 5.11 Å². The standard InChI is InChI=1S/C11H6N2O3/c14-9-7-5-3-1-2-4-6(5)12-10(15)8(7)11(16)13-9/h1-4H,(H,12,15)(H,13,14,16). The maximum absolute atomic E-state index is 11.6. The van der Waals surface area contributed by atoms with Crippen molar-refractivity contribution < 1.29 is 14.7 Å². The van der Waals surface area contributed by atoms with Crippen LogP contribution in [0.15, 0.2) is 24.3 Å². The predicted molar refractivity (Wildman–Crippen MR) is 55.2 cm³/mol. The van der Waals surface area contributed by atoms with E-state index >= 15 is 0 Å². The highest BCUT2D eigenvalue weighted by molar-refractivity contribution is 6.27. The maximum atomic E-state index is 11.6. The second-order valence-corrected chi connectivity index (χ2v) is 3.49. The molecule has 0 saturated carbocycles. The van der Waals surface area contributed by atoms with E-state index in [1.54, 1.807) is 24.3 Å². The van der Waals surface area contributed by atoms with Gasteiger partial charge in [0.05, 0.1) is 11.1 Å². The average molecular weight is 214 g/mol. The summed E-state index contributed by atoms with van der Waals surface area (Å²) in [5, 5.41) is 12.3. The molecule has 2 aromatic rings. The predicted octanol–water partition coefficient (Wildman–Crippen LogP) is 0.824. The van der Waals surface area contributed by atoms with Gasteiger partial charge in [-0.25, -0.2) is 4.98 Å². The van der Waals surface area contributed by atoms with Gasteiger partial charge >= 0.3 is 0 Å². The fourth-order valence-electron chi connectivity index (χ4n) is 1.88. The van der Waals surface area contributed by atoms with Crippen LogP contribution in [0.2, 0.25) is 0 Å². The molecule has 2 N–H and O–H groups in total. The van der Waals surface area contributed by atoms with Crippen molar-refractivity contribution in [2.45, 2.75) is 0 Å². The van der Waals surface area contributed by atoms with Gasteiger partial charge in [0.1, 0.15) is 5.56 Å². The third-order valence-electron chi connectivity index (χ3n) is 2.55. The second-order valence-electron chi connectivity index (χ2n) is 3.49. The molecule has 3 rings (SSSR count). The topological polar surface area (TPSA) is 79.3 Å². The fourth-order valence-corrected chi connectivity index (χ4v) is 1.88. The van der Waals surface area contributed by atoms with Gasteiger partial charge in [0, 0.05) is 5.39 Å². The maximum Gasteiger partial charge on any atom is 0.264 e. The molecule has 78 valence electrons. The summed E-state index contributed by atoms with van der Waals surface area (Å²) in [6, 6.07) is 6.86. The Hall–Kier alpha value is -2.43. The number of fused-ring (bicyclic) bond motifs is 3. The number of pyridine rings is 1. The molecule has 0 radical (unpaired) electrons. The quantitative estimate of drug-likeness (QED) is 0.636. The summed E-state index contributed by atoms with van der Waals surface area (Å²) in [5.41, 5.74) is 0.653. The lowest BCUT2D eigenvalue weighted by Gasteiger charge is -2.02. The molecule has 0 fully saturated rings. The first-order chi connectivity index (χ1) is 7.68. The number of benzene rings is 1. The third kappa shape index (κ3) is 0.967. The van der Waals surface area contributed by atoms with E-state index in [0.29, 0.717) is 10.9 Å². The van der Waals surface area contributed by atoms with Crippen molar-refractivity contribution in [3.8, 4) is 5.88 Å². The third-order valence-corrected chi connectivity index (χ3v) is 2.55. The Bertz CT molecular complexity index is 649. The van der Waals surface area contributed by atoms with Crippen LogP contribution in [0.1, 0.15) is 20.7 Å².